The molecule has 13 heavy (non-hydrogen) atoms. The summed E-state index contributed by atoms with van der Waals surface area (Å²) in [5.74, 6) is 6.18. The lowest BCUT2D eigenvalue weighted by molar-refractivity contribution is 0.414. The summed E-state index contributed by atoms with van der Waals surface area (Å²) >= 11 is 0. The summed E-state index contributed by atoms with van der Waals surface area (Å²) in [5.41, 5.74) is 3.32. The topological polar surface area (TPSA) is 47.6 Å². The fourth-order valence-corrected chi connectivity index (χ4v) is 1.79. The highest BCUT2D eigenvalue weighted by atomic mass is 16.5. The second kappa shape index (κ2) is 3.09. The predicted molar refractivity (Wildman–Crippen MR) is 52.0 cm³/mol. The molecule has 0 heterocycles. The summed E-state index contributed by atoms with van der Waals surface area (Å²) < 4.78 is 5.25. The monoisotopic (exact) mass is 176 g/mol. The molecule has 0 bridgehead atoms. The Labute approximate surface area is 77.2 Å². The molecule has 0 saturated heterocycles. The van der Waals surface area contributed by atoms with Crippen molar-refractivity contribution in [2.24, 2.45) is 10.9 Å². The molecule has 1 aliphatic rings. The normalized spacial score (nSPS) is 17.5. The van der Waals surface area contributed by atoms with Gasteiger partial charge < -0.3 is 10.6 Å². The third kappa shape index (κ3) is 1.16. The maximum absolute atomic E-state index is 5.30. The lowest BCUT2D eigenvalue weighted by Gasteiger charge is -2.06. The van der Waals surface area contributed by atoms with Gasteiger partial charge in [0.15, 0.2) is 0 Å². The number of hydrogen-bond acceptors (Lipinski definition) is 3. The van der Waals surface area contributed by atoms with Crippen molar-refractivity contribution < 1.29 is 4.74 Å². The molecule has 0 fully saturated rings. The van der Waals surface area contributed by atoms with Crippen molar-refractivity contribution in [2.45, 2.75) is 12.8 Å². The van der Waals surface area contributed by atoms with Gasteiger partial charge in [-0.15, -0.1) is 0 Å². The zero-order valence-corrected chi connectivity index (χ0v) is 7.58. The zero-order valence-electron chi connectivity index (χ0n) is 7.58. The van der Waals surface area contributed by atoms with Crippen molar-refractivity contribution in [1.29, 1.82) is 0 Å². The lowest BCUT2D eigenvalue weighted by atomic mass is 10.1. The van der Waals surface area contributed by atoms with Crippen molar-refractivity contribution >= 4 is 5.71 Å². The van der Waals surface area contributed by atoms with Gasteiger partial charge in [-0.25, -0.2) is 0 Å². The number of fused-ring (bicyclic) bond motifs is 1. The second-order valence-corrected chi connectivity index (χ2v) is 3.07. The van der Waals surface area contributed by atoms with Crippen LogP contribution >= 0.6 is 0 Å². The van der Waals surface area contributed by atoms with Crippen LogP contribution in [0.25, 0.3) is 0 Å². The van der Waals surface area contributed by atoms with Gasteiger partial charge in [-0.1, -0.05) is 12.1 Å². The van der Waals surface area contributed by atoms with Gasteiger partial charge in [-0.05, 0) is 24.5 Å². The Kier molecular flexibility index (Phi) is 1.93. The first kappa shape index (κ1) is 8.10. The highest BCUT2D eigenvalue weighted by Gasteiger charge is 2.21. The average molecular weight is 176 g/mol. The van der Waals surface area contributed by atoms with E-state index in [-0.39, 0.29) is 0 Å². The van der Waals surface area contributed by atoms with Crippen LogP contribution in [-0.2, 0) is 6.42 Å². The molecule has 2 rings (SSSR count). The molecule has 0 aliphatic heterocycles. The van der Waals surface area contributed by atoms with Crippen molar-refractivity contribution in [3.05, 3.63) is 29.3 Å². The summed E-state index contributed by atoms with van der Waals surface area (Å²) in [5, 5.41) is 3.77. The first-order valence-electron chi connectivity index (χ1n) is 4.30. The minimum absolute atomic E-state index is 0.874. The molecule has 1 aromatic carbocycles. The Morgan fingerprint density at radius 2 is 2.23 bits per heavy atom. The van der Waals surface area contributed by atoms with Crippen LogP contribution in [0.4, 0.5) is 0 Å². The van der Waals surface area contributed by atoms with E-state index in [0.717, 1.165) is 29.9 Å². The number of benzene rings is 1. The number of hydrogen-bond donors (Lipinski definition) is 1. The van der Waals surface area contributed by atoms with Gasteiger partial charge in [0, 0.05) is 5.56 Å². The molecule has 1 aromatic rings. The predicted octanol–water partition coefficient (Wildman–Crippen LogP) is 1.30. The zero-order chi connectivity index (χ0) is 9.26. The number of ether oxygens (including phenoxy) is 1. The average Bonchev–Trinajstić information content (AvgIpc) is 2.60. The molecular formula is C10H12N2O. The highest BCUT2D eigenvalue weighted by molar-refractivity contribution is 6.06. The van der Waals surface area contributed by atoms with Crippen LogP contribution in [0.15, 0.2) is 23.3 Å². The van der Waals surface area contributed by atoms with Crippen molar-refractivity contribution in [2.75, 3.05) is 7.11 Å². The molecule has 0 atom stereocenters. The summed E-state index contributed by atoms with van der Waals surface area (Å²) in [6.07, 6.45) is 1.94. The highest BCUT2D eigenvalue weighted by Crippen LogP contribution is 2.30. The second-order valence-electron chi connectivity index (χ2n) is 3.07. The van der Waals surface area contributed by atoms with Gasteiger partial charge in [-0.2, -0.15) is 5.10 Å². The van der Waals surface area contributed by atoms with Crippen LogP contribution in [-0.4, -0.2) is 12.8 Å². The van der Waals surface area contributed by atoms with Gasteiger partial charge in [0.2, 0.25) is 0 Å². The first-order chi connectivity index (χ1) is 6.36. The third-order valence-corrected chi connectivity index (χ3v) is 2.41. The molecule has 3 nitrogen and oxygen atoms in total. The number of aryl methyl sites for hydroxylation is 1. The quantitative estimate of drug-likeness (QED) is 0.518. The maximum Gasteiger partial charge on any atom is 0.128 e. The van der Waals surface area contributed by atoms with Gasteiger partial charge in [0.05, 0.1) is 12.8 Å². The van der Waals surface area contributed by atoms with Crippen molar-refractivity contribution in [3.63, 3.8) is 0 Å². The standard InChI is InChI=1S/C10H12N2O/c1-13-9-4-2-3-7-5-6-8(12-11)10(7)9/h2-4H,5-6,11H2,1H3/b12-8+. The third-order valence-electron chi connectivity index (χ3n) is 2.41. The molecule has 0 spiro atoms. The molecule has 0 aromatic heterocycles. The molecular weight excluding hydrogens is 164 g/mol. The Morgan fingerprint density at radius 1 is 1.38 bits per heavy atom. The van der Waals surface area contributed by atoms with Gasteiger partial charge >= 0.3 is 0 Å². The summed E-state index contributed by atoms with van der Waals surface area (Å²) in [6, 6.07) is 6.03. The first-order valence-corrected chi connectivity index (χ1v) is 4.30. The summed E-state index contributed by atoms with van der Waals surface area (Å²) in [6.45, 7) is 0. The van der Waals surface area contributed by atoms with Crippen molar-refractivity contribution in [1.82, 2.24) is 0 Å². The summed E-state index contributed by atoms with van der Waals surface area (Å²) in [7, 11) is 1.67. The molecule has 0 radical (unpaired) electrons. The molecule has 1 aliphatic carbocycles. The Bertz CT molecular complexity index is 358. The fraction of sp³-hybridized carbons (Fsp3) is 0.300. The number of rotatable bonds is 1. The fourth-order valence-electron chi connectivity index (χ4n) is 1.79. The van der Waals surface area contributed by atoms with Crippen LogP contribution in [0.3, 0.4) is 0 Å². The number of nitrogens with two attached hydrogens (primary N) is 1. The van der Waals surface area contributed by atoms with E-state index in [4.69, 9.17) is 10.6 Å². The Morgan fingerprint density at radius 3 is 2.92 bits per heavy atom. The lowest BCUT2D eigenvalue weighted by Crippen LogP contribution is -2.01. The van der Waals surface area contributed by atoms with E-state index >= 15 is 0 Å². The van der Waals surface area contributed by atoms with E-state index in [1.165, 1.54) is 5.56 Å². The van der Waals surface area contributed by atoms with Crippen LogP contribution in [0.1, 0.15) is 17.5 Å². The van der Waals surface area contributed by atoms with Crippen molar-refractivity contribution in [3.8, 4) is 5.75 Å². The van der Waals surface area contributed by atoms with E-state index in [2.05, 4.69) is 11.2 Å². The number of methoxy groups -OCH3 is 1. The van der Waals surface area contributed by atoms with E-state index in [9.17, 15) is 0 Å². The molecule has 2 N–H and O–H groups in total. The van der Waals surface area contributed by atoms with Gasteiger partial charge in [0.1, 0.15) is 5.75 Å². The number of nitrogens with zero attached hydrogens (tertiary/aromatic N) is 1. The smallest absolute Gasteiger partial charge is 0.128 e. The summed E-state index contributed by atoms with van der Waals surface area (Å²) in [4.78, 5) is 0. The Balaban J connectivity index is 2.59. The minimum Gasteiger partial charge on any atom is -0.496 e. The largest absolute Gasteiger partial charge is 0.496 e. The minimum atomic E-state index is 0.874. The number of hydrazone groups is 1. The molecule has 3 heteroatoms. The Hall–Kier alpha value is -1.51. The molecule has 68 valence electrons. The van der Waals surface area contributed by atoms with Gasteiger partial charge in [0.25, 0.3) is 0 Å². The SMILES string of the molecule is COc1cccc2c1/C(=N/N)CC2. The molecule has 0 unspecified atom stereocenters. The van der Waals surface area contributed by atoms with E-state index in [0.29, 0.717) is 0 Å². The van der Waals surface area contributed by atoms with E-state index in [1.54, 1.807) is 7.11 Å². The maximum atomic E-state index is 5.30. The van der Waals surface area contributed by atoms with Crippen LogP contribution in [0, 0.1) is 0 Å². The van der Waals surface area contributed by atoms with E-state index < -0.39 is 0 Å². The molecule has 0 saturated carbocycles. The van der Waals surface area contributed by atoms with Crippen LogP contribution in [0.5, 0.6) is 5.75 Å². The van der Waals surface area contributed by atoms with Crippen LogP contribution < -0.4 is 10.6 Å². The molecule has 0 amide bonds. The van der Waals surface area contributed by atoms with Gasteiger partial charge in [-0.3, -0.25) is 0 Å². The van der Waals surface area contributed by atoms with Crippen LogP contribution in [0.2, 0.25) is 0 Å². The van der Waals surface area contributed by atoms with E-state index in [1.807, 2.05) is 12.1 Å².